The number of hydrogen-bond acceptors (Lipinski definition) is 5. The third kappa shape index (κ3) is 4.89. The van der Waals surface area contributed by atoms with Crippen molar-refractivity contribution >= 4 is 19.9 Å². The van der Waals surface area contributed by atoms with Crippen LogP contribution in [-0.2, 0) is 16.1 Å². The van der Waals surface area contributed by atoms with Crippen molar-refractivity contribution in [1.29, 1.82) is 0 Å². The molecular weight excluding hydrogens is 274 g/mol. The number of carbonyl (C=O) groups is 1. The van der Waals surface area contributed by atoms with Crippen LogP contribution in [0.4, 0.5) is 5.82 Å². The molecule has 0 spiro atoms. The van der Waals surface area contributed by atoms with Gasteiger partial charge in [-0.15, -0.1) is 5.54 Å². The van der Waals surface area contributed by atoms with Gasteiger partial charge in [-0.2, -0.15) is 4.98 Å². The first-order chi connectivity index (χ1) is 9.23. The third-order valence-electron chi connectivity index (χ3n) is 2.20. The molecule has 0 amide bonds. The van der Waals surface area contributed by atoms with Gasteiger partial charge in [0.1, 0.15) is 20.4 Å². The number of aromatic nitrogens is 2. The second-order valence-corrected chi connectivity index (χ2v) is 10.0. The van der Waals surface area contributed by atoms with Gasteiger partial charge in [-0.05, 0) is 6.92 Å². The van der Waals surface area contributed by atoms with Crippen LogP contribution in [-0.4, -0.2) is 30.2 Å². The third-order valence-corrected chi connectivity index (χ3v) is 3.07. The van der Waals surface area contributed by atoms with E-state index in [1.54, 1.807) is 6.92 Å². The summed E-state index contributed by atoms with van der Waals surface area (Å²) in [5.41, 5.74) is 8.69. The Labute approximate surface area is 119 Å². The minimum Gasteiger partial charge on any atom is -0.465 e. The summed E-state index contributed by atoms with van der Waals surface area (Å²) in [7, 11) is -1.56. The predicted octanol–water partition coefficient (Wildman–Crippen LogP) is 0.618. The number of carbonyl (C=O) groups excluding carboxylic acids is 1. The van der Waals surface area contributed by atoms with E-state index in [2.05, 4.69) is 36.1 Å². The Kier molecular flexibility index (Phi) is 5.10. The molecule has 7 heteroatoms. The zero-order valence-electron chi connectivity index (χ0n) is 12.2. The van der Waals surface area contributed by atoms with Gasteiger partial charge in [0.05, 0.1) is 12.2 Å². The SMILES string of the molecule is CCOC(=O)Cn1cc(C#C[Si](C)(C)C)c(N)nc1=O. The summed E-state index contributed by atoms with van der Waals surface area (Å²) in [4.78, 5) is 26.7. The number of nitrogens with two attached hydrogens (primary N) is 1. The molecule has 0 aliphatic carbocycles. The summed E-state index contributed by atoms with van der Waals surface area (Å²) in [6, 6.07) is 0. The average molecular weight is 293 g/mol. The van der Waals surface area contributed by atoms with Crippen molar-refractivity contribution < 1.29 is 9.53 Å². The van der Waals surface area contributed by atoms with Gasteiger partial charge in [-0.3, -0.25) is 9.36 Å². The van der Waals surface area contributed by atoms with Crippen molar-refractivity contribution in [2.45, 2.75) is 33.1 Å². The number of esters is 1. The molecule has 0 saturated heterocycles. The number of nitrogens with zero attached hydrogens (tertiary/aromatic N) is 2. The Morgan fingerprint density at radius 2 is 2.15 bits per heavy atom. The van der Waals surface area contributed by atoms with E-state index in [-0.39, 0.29) is 19.0 Å². The number of rotatable bonds is 3. The van der Waals surface area contributed by atoms with Gasteiger partial charge in [0.2, 0.25) is 0 Å². The van der Waals surface area contributed by atoms with Crippen molar-refractivity contribution in [1.82, 2.24) is 9.55 Å². The number of ether oxygens (including phenoxy) is 1. The predicted molar refractivity (Wildman–Crippen MR) is 79.8 cm³/mol. The fourth-order valence-corrected chi connectivity index (χ4v) is 1.82. The van der Waals surface area contributed by atoms with Crippen LogP contribution in [0.2, 0.25) is 19.6 Å². The molecule has 2 N–H and O–H groups in total. The lowest BCUT2D eigenvalue weighted by Crippen LogP contribution is -2.28. The molecule has 0 fully saturated rings. The summed E-state index contributed by atoms with van der Waals surface area (Å²) in [5, 5.41) is 0. The Balaban J connectivity index is 3.12. The van der Waals surface area contributed by atoms with Crippen LogP contribution < -0.4 is 11.4 Å². The van der Waals surface area contributed by atoms with Gasteiger partial charge in [-0.25, -0.2) is 4.79 Å². The molecule has 20 heavy (non-hydrogen) atoms. The lowest BCUT2D eigenvalue weighted by Gasteiger charge is -2.07. The largest absolute Gasteiger partial charge is 0.465 e. The Morgan fingerprint density at radius 1 is 1.50 bits per heavy atom. The molecule has 0 bridgehead atoms. The molecule has 0 atom stereocenters. The molecule has 6 nitrogen and oxygen atoms in total. The van der Waals surface area contributed by atoms with E-state index in [9.17, 15) is 9.59 Å². The zero-order chi connectivity index (χ0) is 15.3. The van der Waals surface area contributed by atoms with E-state index >= 15 is 0 Å². The maximum Gasteiger partial charge on any atom is 0.350 e. The molecule has 1 aromatic rings. The molecule has 0 aromatic carbocycles. The zero-order valence-corrected chi connectivity index (χ0v) is 13.2. The first-order valence-electron chi connectivity index (χ1n) is 6.28. The van der Waals surface area contributed by atoms with Crippen molar-refractivity contribution in [3.8, 4) is 11.5 Å². The molecule has 0 unspecified atom stereocenters. The van der Waals surface area contributed by atoms with Crippen LogP contribution in [0.3, 0.4) is 0 Å². The van der Waals surface area contributed by atoms with Crippen LogP contribution in [0.25, 0.3) is 0 Å². The van der Waals surface area contributed by atoms with E-state index in [1.807, 2.05) is 0 Å². The van der Waals surface area contributed by atoms with Crippen LogP contribution in [0, 0.1) is 11.5 Å². The standard InChI is InChI=1S/C13H19N3O3Si/c1-5-19-11(17)9-16-8-10(6-7-20(2,3)4)12(14)15-13(16)18/h8H,5,9H2,1-4H3,(H2,14,15,18). The summed E-state index contributed by atoms with van der Waals surface area (Å²) < 4.78 is 5.95. The van der Waals surface area contributed by atoms with Gasteiger partial charge in [0.15, 0.2) is 0 Å². The molecule has 1 heterocycles. The highest BCUT2D eigenvalue weighted by molar-refractivity contribution is 6.83. The first-order valence-corrected chi connectivity index (χ1v) is 9.78. The molecule has 1 rings (SSSR count). The summed E-state index contributed by atoms with van der Waals surface area (Å²) >= 11 is 0. The van der Waals surface area contributed by atoms with Crippen LogP contribution in [0.5, 0.6) is 0 Å². The second kappa shape index (κ2) is 6.39. The Morgan fingerprint density at radius 3 is 2.70 bits per heavy atom. The molecular formula is C13H19N3O3Si. The van der Waals surface area contributed by atoms with E-state index < -0.39 is 19.7 Å². The maximum atomic E-state index is 11.7. The average Bonchev–Trinajstić information content (AvgIpc) is 2.30. The lowest BCUT2D eigenvalue weighted by molar-refractivity contribution is -0.143. The summed E-state index contributed by atoms with van der Waals surface area (Å²) in [6.45, 7) is 8.06. The minimum absolute atomic E-state index is 0.0841. The van der Waals surface area contributed by atoms with Gasteiger partial charge in [0.25, 0.3) is 0 Å². The van der Waals surface area contributed by atoms with E-state index in [4.69, 9.17) is 10.5 Å². The van der Waals surface area contributed by atoms with E-state index in [0.29, 0.717) is 5.56 Å². The van der Waals surface area contributed by atoms with Crippen LogP contribution in [0.15, 0.2) is 11.0 Å². The van der Waals surface area contributed by atoms with E-state index in [0.717, 1.165) is 4.57 Å². The highest BCUT2D eigenvalue weighted by atomic mass is 28.3. The lowest BCUT2D eigenvalue weighted by atomic mass is 10.3. The minimum atomic E-state index is -1.56. The number of hydrogen-bond donors (Lipinski definition) is 1. The van der Waals surface area contributed by atoms with Crippen molar-refractivity contribution in [2.75, 3.05) is 12.3 Å². The van der Waals surface area contributed by atoms with Gasteiger partial charge in [0, 0.05) is 6.20 Å². The van der Waals surface area contributed by atoms with Gasteiger partial charge >= 0.3 is 11.7 Å². The maximum absolute atomic E-state index is 11.7. The summed E-state index contributed by atoms with van der Waals surface area (Å²) in [6.07, 6.45) is 1.45. The number of nitrogen functional groups attached to an aromatic ring is 1. The van der Waals surface area contributed by atoms with Gasteiger partial charge < -0.3 is 10.5 Å². The normalized spacial score (nSPS) is 10.6. The highest BCUT2D eigenvalue weighted by Gasteiger charge is 2.11. The molecule has 0 saturated carbocycles. The van der Waals surface area contributed by atoms with Crippen molar-refractivity contribution in [3.05, 3.63) is 22.2 Å². The Hall–Kier alpha value is -2.07. The van der Waals surface area contributed by atoms with E-state index in [1.165, 1.54) is 6.20 Å². The van der Waals surface area contributed by atoms with Crippen molar-refractivity contribution in [2.24, 2.45) is 0 Å². The molecule has 1 aromatic heterocycles. The van der Waals surface area contributed by atoms with Crippen LogP contribution >= 0.6 is 0 Å². The molecule has 0 radical (unpaired) electrons. The van der Waals surface area contributed by atoms with Crippen molar-refractivity contribution in [3.63, 3.8) is 0 Å². The quantitative estimate of drug-likeness (QED) is 0.501. The first kappa shape index (κ1) is 16.0. The second-order valence-electron chi connectivity index (χ2n) is 5.26. The molecule has 0 aliphatic heterocycles. The topological polar surface area (TPSA) is 87.2 Å². The van der Waals surface area contributed by atoms with Gasteiger partial charge in [-0.1, -0.05) is 25.6 Å². The monoisotopic (exact) mass is 293 g/mol. The Bertz CT molecular complexity index is 620. The fourth-order valence-electron chi connectivity index (χ4n) is 1.31. The molecule has 108 valence electrons. The highest BCUT2D eigenvalue weighted by Crippen LogP contribution is 2.05. The molecule has 0 aliphatic rings. The van der Waals surface area contributed by atoms with Crippen LogP contribution in [0.1, 0.15) is 12.5 Å². The fraction of sp³-hybridized carbons (Fsp3) is 0.462. The smallest absolute Gasteiger partial charge is 0.350 e. The summed E-state index contributed by atoms with van der Waals surface area (Å²) in [5.74, 6) is 2.53. The number of anilines is 1.